The van der Waals surface area contributed by atoms with Crippen LogP contribution in [0.25, 0.3) is 16.6 Å². The maximum atomic E-state index is 12.7. The average Bonchev–Trinajstić information content (AvgIpc) is 3.13. The van der Waals surface area contributed by atoms with Crippen LogP contribution in [0, 0.1) is 6.92 Å². The van der Waals surface area contributed by atoms with E-state index < -0.39 is 0 Å². The van der Waals surface area contributed by atoms with Gasteiger partial charge in [-0.1, -0.05) is 23.9 Å². The number of thioether (sulfide) groups is 1. The Hall–Kier alpha value is -3.13. The van der Waals surface area contributed by atoms with Crippen molar-refractivity contribution in [3.05, 3.63) is 53.9 Å². The summed E-state index contributed by atoms with van der Waals surface area (Å²) in [5.74, 6) is 1.95. The van der Waals surface area contributed by atoms with Gasteiger partial charge in [-0.15, -0.1) is 5.10 Å². The maximum absolute atomic E-state index is 12.7. The van der Waals surface area contributed by atoms with Gasteiger partial charge in [0, 0.05) is 10.9 Å². The zero-order valence-electron chi connectivity index (χ0n) is 15.7. The van der Waals surface area contributed by atoms with Crippen LogP contribution in [0.1, 0.15) is 16.2 Å². The highest BCUT2D eigenvalue weighted by Gasteiger charge is 2.16. The highest BCUT2D eigenvalue weighted by atomic mass is 32.2. The van der Waals surface area contributed by atoms with Crippen molar-refractivity contribution in [2.24, 2.45) is 0 Å². The molecule has 0 aliphatic rings. The lowest BCUT2D eigenvalue weighted by Crippen LogP contribution is -2.06. The Bertz CT molecular complexity index is 1190. The minimum atomic E-state index is -0.0362. The van der Waals surface area contributed by atoms with Gasteiger partial charge in [0.05, 0.1) is 25.5 Å². The minimum absolute atomic E-state index is 0.0362. The fourth-order valence-electron chi connectivity index (χ4n) is 2.95. The summed E-state index contributed by atoms with van der Waals surface area (Å²) in [6, 6.07) is 12.9. The molecule has 2 aromatic carbocycles. The minimum Gasteiger partial charge on any atom is -0.493 e. The number of benzene rings is 2. The molecule has 142 valence electrons. The Morgan fingerprint density at radius 3 is 2.64 bits per heavy atom. The molecule has 0 bridgehead atoms. The molecule has 0 N–H and O–H groups in total. The van der Waals surface area contributed by atoms with Crippen LogP contribution in [0.2, 0.25) is 0 Å². The van der Waals surface area contributed by atoms with E-state index >= 15 is 0 Å². The summed E-state index contributed by atoms with van der Waals surface area (Å²) >= 11 is 1.33. The van der Waals surface area contributed by atoms with Crippen molar-refractivity contribution in [3.63, 3.8) is 0 Å². The van der Waals surface area contributed by atoms with Crippen LogP contribution in [0.4, 0.5) is 0 Å². The number of Topliss-reactive ketones (excluding diaryl/α,β-unsaturated/α-hetero) is 1. The van der Waals surface area contributed by atoms with Crippen molar-refractivity contribution >= 4 is 34.1 Å². The van der Waals surface area contributed by atoms with Crippen molar-refractivity contribution in [1.29, 1.82) is 0 Å². The first-order chi connectivity index (χ1) is 13.6. The number of aromatic nitrogens is 4. The molecule has 4 aromatic rings. The number of carbonyl (C=O) groups excluding carboxylic acids is 1. The second-order valence-electron chi connectivity index (χ2n) is 6.09. The van der Waals surface area contributed by atoms with Gasteiger partial charge >= 0.3 is 0 Å². The topological polar surface area (TPSA) is 78.6 Å². The van der Waals surface area contributed by atoms with E-state index in [0.29, 0.717) is 28.0 Å². The summed E-state index contributed by atoms with van der Waals surface area (Å²) in [7, 11) is 3.11. The van der Waals surface area contributed by atoms with Crippen LogP contribution >= 0.6 is 11.8 Å². The standard InChI is InChI=1S/C20H18N4O3S/c1-12-21-19-14-6-4-5-7-15(14)22-20(24(19)23-12)28-11-16(25)13-8-9-17(26-2)18(10-13)27-3/h4-10H,11H2,1-3H3. The molecular formula is C20H18N4O3S. The molecule has 0 saturated carbocycles. The van der Waals surface area contributed by atoms with Crippen LogP contribution in [0.15, 0.2) is 47.6 Å². The normalized spacial score (nSPS) is 11.1. The van der Waals surface area contributed by atoms with Crippen LogP contribution in [0.5, 0.6) is 11.5 Å². The molecule has 0 aliphatic carbocycles. The molecule has 0 atom stereocenters. The van der Waals surface area contributed by atoms with Crippen molar-refractivity contribution in [3.8, 4) is 11.5 Å². The molecule has 8 heteroatoms. The Kier molecular flexibility index (Phi) is 4.87. The zero-order valence-corrected chi connectivity index (χ0v) is 16.5. The number of hydrogen-bond donors (Lipinski definition) is 0. The van der Waals surface area contributed by atoms with Crippen LogP contribution in [0.3, 0.4) is 0 Å². The predicted octanol–water partition coefficient (Wildman–Crippen LogP) is 3.58. The summed E-state index contributed by atoms with van der Waals surface area (Å²) < 4.78 is 12.2. The summed E-state index contributed by atoms with van der Waals surface area (Å²) in [6.45, 7) is 1.84. The van der Waals surface area contributed by atoms with Crippen LogP contribution in [-0.2, 0) is 0 Å². The van der Waals surface area contributed by atoms with E-state index in [-0.39, 0.29) is 11.5 Å². The van der Waals surface area contributed by atoms with E-state index in [2.05, 4.69) is 15.1 Å². The monoisotopic (exact) mass is 394 g/mol. The summed E-state index contributed by atoms with van der Waals surface area (Å²) in [5, 5.41) is 6.00. The quantitative estimate of drug-likeness (QED) is 0.281. The molecule has 2 heterocycles. The van der Waals surface area contributed by atoms with Crippen LogP contribution < -0.4 is 9.47 Å². The largest absolute Gasteiger partial charge is 0.493 e. The van der Waals surface area contributed by atoms with E-state index in [1.165, 1.54) is 11.8 Å². The molecule has 0 aliphatic heterocycles. The highest BCUT2D eigenvalue weighted by Crippen LogP contribution is 2.29. The van der Waals surface area contributed by atoms with E-state index in [0.717, 1.165) is 16.6 Å². The number of ether oxygens (including phenoxy) is 2. The first kappa shape index (κ1) is 18.2. The zero-order chi connectivity index (χ0) is 19.7. The van der Waals surface area contributed by atoms with E-state index in [4.69, 9.17) is 9.47 Å². The van der Waals surface area contributed by atoms with Gasteiger partial charge in [-0.3, -0.25) is 4.79 Å². The molecule has 28 heavy (non-hydrogen) atoms. The lowest BCUT2D eigenvalue weighted by atomic mass is 10.1. The fraction of sp³-hybridized carbons (Fsp3) is 0.200. The van der Waals surface area contributed by atoms with Gasteiger partial charge in [-0.05, 0) is 37.3 Å². The molecule has 0 radical (unpaired) electrons. The van der Waals surface area contributed by atoms with E-state index in [1.54, 1.807) is 36.9 Å². The SMILES string of the molecule is COc1ccc(C(=O)CSc2nc3ccccc3c3nc(C)nn23)cc1OC. The number of nitrogens with zero attached hydrogens (tertiary/aromatic N) is 4. The van der Waals surface area contributed by atoms with E-state index in [9.17, 15) is 4.79 Å². The molecule has 2 aromatic heterocycles. The molecular weight excluding hydrogens is 376 g/mol. The number of aryl methyl sites for hydroxylation is 1. The van der Waals surface area contributed by atoms with Gasteiger partial charge in [-0.2, -0.15) is 4.52 Å². The van der Waals surface area contributed by atoms with E-state index in [1.807, 2.05) is 31.2 Å². The Labute approximate surface area is 165 Å². The summed E-state index contributed by atoms with van der Waals surface area (Å²) in [4.78, 5) is 21.9. The number of fused-ring (bicyclic) bond motifs is 3. The second kappa shape index (κ2) is 7.47. The average molecular weight is 394 g/mol. The first-order valence-corrected chi connectivity index (χ1v) is 9.59. The highest BCUT2D eigenvalue weighted by molar-refractivity contribution is 7.99. The van der Waals surface area contributed by atoms with Crippen molar-refractivity contribution in [2.75, 3.05) is 20.0 Å². The number of carbonyl (C=O) groups is 1. The smallest absolute Gasteiger partial charge is 0.192 e. The third-order valence-electron chi connectivity index (χ3n) is 4.29. The van der Waals surface area contributed by atoms with Crippen molar-refractivity contribution < 1.29 is 14.3 Å². The Morgan fingerprint density at radius 2 is 1.86 bits per heavy atom. The van der Waals surface area contributed by atoms with Crippen molar-refractivity contribution in [2.45, 2.75) is 12.1 Å². The number of ketones is 1. The third kappa shape index (κ3) is 3.27. The van der Waals surface area contributed by atoms with Gasteiger partial charge in [0.15, 0.2) is 28.1 Å². The fourth-order valence-corrected chi connectivity index (χ4v) is 3.79. The Morgan fingerprint density at radius 1 is 1.07 bits per heavy atom. The number of methoxy groups -OCH3 is 2. The van der Waals surface area contributed by atoms with Gasteiger partial charge in [-0.25, -0.2) is 9.97 Å². The maximum Gasteiger partial charge on any atom is 0.192 e. The molecule has 0 unspecified atom stereocenters. The predicted molar refractivity (Wildman–Crippen MR) is 108 cm³/mol. The second-order valence-corrected chi connectivity index (χ2v) is 7.03. The molecule has 0 spiro atoms. The van der Waals surface area contributed by atoms with Gasteiger partial charge in [0.25, 0.3) is 0 Å². The third-order valence-corrected chi connectivity index (χ3v) is 5.22. The number of rotatable bonds is 6. The Balaban J connectivity index is 1.64. The molecule has 0 fully saturated rings. The summed E-state index contributed by atoms with van der Waals surface area (Å²) in [5.41, 5.74) is 2.12. The number of para-hydroxylation sites is 1. The first-order valence-electron chi connectivity index (χ1n) is 8.61. The molecule has 4 rings (SSSR count). The summed E-state index contributed by atoms with van der Waals surface area (Å²) in [6.07, 6.45) is 0. The van der Waals surface area contributed by atoms with Gasteiger partial charge < -0.3 is 9.47 Å². The molecule has 0 saturated heterocycles. The lowest BCUT2D eigenvalue weighted by Gasteiger charge is -2.09. The molecule has 0 amide bonds. The van der Waals surface area contributed by atoms with Gasteiger partial charge in [0.2, 0.25) is 0 Å². The van der Waals surface area contributed by atoms with Crippen LogP contribution in [-0.4, -0.2) is 45.3 Å². The number of hydrogen-bond acceptors (Lipinski definition) is 7. The van der Waals surface area contributed by atoms with Gasteiger partial charge in [0.1, 0.15) is 5.82 Å². The van der Waals surface area contributed by atoms with Crippen molar-refractivity contribution in [1.82, 2.24) is 19.6 Å². The molecule has 7 nitrogen and oxygen atoms in total. The lowest BCUT2D eigenvalue weighted by molar-refractivity contribution is 0.102.